The van der Waals surface area contributed by atoms with Gasteiger partial charge in [-0.3, -0.25) is 4.68 Å². The maximum Gasteiger partial charge on any atom is 0.246 e. The van der Waals surface area contributed by atoms with E-state index < -0.39 is 20.0 Å². The number of hydrogen-bond acceptors (Lipinski definition) is 5. The summed E-state index contributed by atoms with van der Waals surface area (Å²) in [4.78, 5) is 0.438. The van der Waals surface area contributed by atoms with Gasteiger partial charge in [-0.1, -0.05) is 6.92 Å². The van der Waals surface area contributed by atoms with Crippen molar-refractivity contribution in [2.24, 2.45) is 7.05 Å². The summed E-state index contributed by atoms with van der Waals surface area (Å²) in [5.41, 5.74) is 2.02. The Kier molecular flexibility index (Phi) is 5.95. The van der Waals surface area contributed by atoms with Crippen LogP contribution in [0.5, 0.6) is 0 Å². The zero-order chi connectivity index (χ0) is 23.3. The summed E-state index contributed by atoms with van der Waals surface area (Å²) in [6, 6.07) is 7.09. The number of hydrogen-bond donors (Lipinski definition) is 0. The zero-order valence-corrected chi connectivity index (χ0v) is 20.4. The lowest BCUT2D eigenvalue weighted by Crippen LogP contribution is -2.50. The Morgan fingerprint density at radius 2 is 1.56 bits per heavy atom. The molecule has 2 aromatic heterocycles. The highest BCUT2D eigenvalue weighted by molar-refractivity contribution is 7.89. The number of benzene rings is 1. The third kappa shape index (κ3) is 3.76. The van der Waals surface area contributed by atoms with E-state index in [0.717, 1.165) is 23.9 Å². The molecule has 11 heteroatoms. The van der Waals surface area contributed by atoms with Crippen molar-refractivity contribution >= 4 is 30.9 Å². The van der Waals surface area contributed by atoms with Gasteiger partial charge >= 0.3 is 0 Å². The van der Waals surface area contributed by atoms with E-state index in [4.69, 9.17) is 0 Å². The predicted molar refractivity (Wildman–Crippen MR) is 122 cm³/mol. The van der Waals surface area contributed by atoms with Crippen LogP contribution in [-0.2, 0) is 33.6 Å². The first-order valence-corrected chi connectivity index (χ1v) is 13.5. The molecule has 0 radical (unpaired) electrons. The van der Waals surface area contributed by atoms with Crippen LogP contribution in [0.1, 0.15) is 24.7 Å². The molecule has 1 aliphatic heterocycles. The number of piperazine rings is 1. The van der Waals surface area contributed by atoms with Gasteiger partial charge in [0.05, 0.1) is 16.3 Å². The molecule has 32 heavy (non-hydrogen) atoms. The van der Waals surface area contributed by atoms with E-state index in [0.29, 0.717) is 11.4 Å². The zero-order valence-electron chi connectivity index (χ0n) is 18.8. The summed E-state index contributed by atoms with van der Waals surface area (Å²) >= 11 is 0. The predicted octanol–water partition coefficient (Wildman–Crippen LogP) is 2.10. The van der Waals surface area contributed by atoms with E-state index in [1.807, 2.05) is 18.3 Å². The van der Waals surface area contributed by atoms with Crippen LogP contribution in [-0.4, -0.2) is 66.0 Å². The van der Waals surface area contributed by atoms with Crippen molar-refractivity contribution in [1.29, 1.82) is 0 Å². The van der Waals surface area contributed by atoms with Crippen LogP contribution < -0.4 is 0 Å². The number of nitrogens with zero attached hydrogens (tertiary/aromatic N) is 5. The highest BCUT2D eigenvalue weighted by atomic mass is 32.2. The van der Waals surface area contributed by atoms with Crippen LogP contribution >= 0.6 is 0 Å². The normalized spacial score (nSPS) is 16.8. The molecule has 0 amide bonds. The van der Waals surface area contributed by atoms with Gasteiger partial charge in [-0.25, -0.2) is 16.8 Å². The number of rotatable bonds is 6. The second-order valence-corrected chi connectivity index (χ2v) is 12.0. The van der Waals surface area contributed by atoms with Gasteiger partial charge in [-0.05, 0) is 44.5 Å². The smallest absolute Gasteiger partial charge is 0.246 e. The SMILES string of the molecule is CCCn1ccc2cc(S(=O)(=O)N3CCN(S(=O)(=O)c4c(C)nn(C)c4C)CC3)ccc21. The van der Waals surface area contributed by atoms with Crippen molar-refractivity contribution in [3.8, 4) is 0 Å². The number of sulfonamides is 2. The van der Waals surface area contributed by atoms with Crippen LogP contribution in [0.25, 0.3) is 10.9 Å². The standard InChI is InChI=1S/C21H29N5O4S2/c1-5-9-24-10-8-18-15-19(6-7-20(18)24)31(27,28)25-11-13-26(14-12-25)32(29,30)21-16(2)22-23(4)17(21)3/h6-8,10,15H,5,9,11-14H2,1-4H3. The van der Waals surface area contributed by atoms with Crippen molar-refractivity contribution in [2.75, 3.05) is 26.2 Å². The fraction of sp³-hybridized carbons (Fsp3) is 0.476. The van der Waals surface area contributed by atoms with Gasteiger partial charge in [0.25, 0.3) is 0 Å². The van der Waals surface area contributed by atoms with E-state index in [9.17, 15) is 16.8 Å². The molecule has 9 nitrogen and oxygen atoms in total. The minimum atomic E-state index is -3.74. The van der Waals surface area contributed by atoms with Crippen molar-refractivity contribution in [1.82, 2.24) is 23.0 Å². The molecule has 0 aliphatic carbocycles. The average molecular weight is 480 g/mol. The number of aryl methyl sites for hydroxylation is 3. The molecule has 1 saturated heterocycles. The van der Waals surface area contributed by atoms with Crippen molar-refractivity contribution in [3.05, 3.63) is 41.9 Å². The molecular formula is C21H29N5O4S2. The first-order valence-electron chi connectivity index (χ1n) is 10.7. The van der Waals surface area contributed by atoms with E-state index in [1.165, 1.54) is 8.61 Å². The highest BCUT2D eigenvalue weighted by Crippen LogP contribution is 2.27. The Morgan fingerprint density at radius 3 is 2.12 bits per heavy atom. The van der Waals surface area contributed by atoms with Gasteiger partial charge in [0.2, 0.25) is 20.0 Å². The van der Waals surface area contributed by atoms with Gasteiger partial charge in [0.1, 0.15) is 4.90 Å². The van der Waals surface area contributed by atoms with Crippen LogP contribution in [0.15, 0.2) is 40.3 Å². The summed E-state index contributed by atoms with van der Waals surface area (Å²) in [6.07, 6.45) is 2.96. The van der Waals surface area contributed by atoms with Gasteiger partial charge < -0.3 is 4.57 Å². The Morgan fingerprint density at radius 1 is 0.938 bits per heavy atom. The van der Waals surface area contributed by atoms with E-state index >= 15 is 0 Å². The molecule has 3 heterocycles. The molecule has 0 atom stereocenters. The third-order valence-electron chi connectivity index (χ3n) is 6.08. The lowest BCUT2D eigenvalue weighted by Gasteiger charge is -2.33. The van der Waals surface area contributed by atoms with Crippen LogP contribution in [0, 0.1) is 13.8 Å². The lowest BCUT2D eigenvalue weighted by atomic mass is 10.2. The largest absolute Gasteiger partial charge is 0.347 e. The number of fused-ring (bicyclic) bond motifs is 1. The quantitative estimate of drug-likeness (QED) is 0.539. The summed E-state index contributed by atoms with van der Waals surface area (Å²) in [7, 11) is -5.75. The van der Waals surface area contributed by atoms with Crippen molar-refractivity contribution in [2.45, 2.75) is 43.5 Å². The van der Waals surface area contributed by atoms with Crippen LogP contribution in [0.4, 0.5) is 0 Å². The first-order chi connectivity index (χ1) is 15.1. The molecule has 4 rings (SSSR count). The summed E-state index contributed by atoms with van der Waals surface area (Å²) < 4.78 is 59.2. The van der Waals surface area contributed by atoms with E-state index in [1.54, 1.807) is 37.7 Å². The molecule has 0 unspecified atom stereocenters. The minimum Gasteiger partial charge on any atom is -0.347 e. The Balaban J connectivity index is 1.54. The molecule has 3 aromatic rings. The highest BCUT2D eigenvalue weighted by Gasteiger charge is 2.36. The Labute approximate surface area is 189 Å². The summed E-state index contributed by atoms with van der Waals surface area (Å²) in [6.45, 7) is 6.78. The fourth-order valence-corrected chi connectivity index (χ4v) is 7.61. The van der Waals surface area contributed by atoms with Gasteiger partial charge in [-0.2, -0.15) is 13.7 Å². The van der Waals surface area contributed by atoms with Crippen molar-refractivity contribution in [3.63, 3.8) is 0 Å². The summed E-state index contributed by atoms with van der Waals surface area (Å²) in [5, 5.41) is 5.08. The first kappa shape index (κ1) is 23.0. The average Bonchev–Trinajstić information content (AvgIpc) is 3.27. The van der Waals surface area contributed by atoms with Gasteiger partial charge in [-0.15, -0.1) is 0 Å². The molecule has 0 bridgehead atoms. The van der Waals surface area contributed by atoms with Gasteiger partial charge in [0, 0.05) is 56.9 Å². The van der Waals surface area contributed by atoms with Crippen LogP contribution in [0.3, 0.4) is 0 Å². The van der Waals surface area contributed by atoms with Crippen LogP contribution in [0.2, 0.25) is 0 Å². The Bertz CT molecular complexity index is 1360. The molecule has 1 fully saturated rings. The van der Waals surface area contributed by atoms with E-state index in [2.05, 4.69) is 16.6 Å². The maximum atomic E-state index is 13.2. The fourth-order valence-electron chi connectivity index (χ4n) is 4.33. The van der Waals surface area contributed by atoms with Gasteiger partial charge in [0.15, 0.2) is 0 Å². The molecule has 0 N–H and O–H groups in total. The molecular weight excluding hydrogens is 450 g/mol. The lowest BCUT2D eigenvalue weighted by molar-refractivity contribution is 0.272. The summed E-state index contributed by atoms with van der Waals surface area (Å²) in [5.74, 6) is 0. The molecule has 174 valence electrons. The molecule has 1 aromatic carbocycles. The topological polar surface area (TPSA) is 97.5 Å². The van der Waals surface area contributed by atoms with E-state index in [-0.39, 0.29) is 36.0 Å². The monoisotopic (exact) mass is 479 g/mol. The maximum absolute atomic E-state index is 13.2. The Hall–Kier alpha value is -2.21. The van der Waals surface area contributed by atoms with Crippen molar-refractivity contribution < 1.29 is 16.8 Å². The molecule has 1 aliphatic rings. The second-order valence-electron chi connectivity index (χ2n) is 8.16. The second kappa shape index (κ2) is 8.29. The molecule has 0 spiro atoms. The number of aromatic nitrogens is 3. The molecule has 0 saturated carbocycles. The minimum absolute atomic E-state index is 0.102. The third-order valence-corrected chi connectivity index (χ3v) is 10.1.